The Balaban J connectivity index is 2.35. The summed E-state index contributed by atoms with van der Waals surface area (Å²) in [6.45, 7) is 3.34. The van der Waals surface area contributed by atoms with E-state index in [1.54, 1.807) is 19.2 Å². The van der Waals surface area contributed by atoms with Crippen molar-refractivity contribution in [3.05, 3.63) is 29.8 Å². The number of unbranched alkanes of at least 4 members (excludes halogenated alkanes) is 1. The van der Waals surface area contributed by atoms with Gasteiger partial charge in [-0.1, -0.05) is 12.1 Å². The second kappa shape index (κ2) is 11.6. The molecular weight excluding hydrogens is 335 g/mol. The van der Waals surface area contributed by atoms with Gasteiger partial charge in [-0.2, -0.15) is 13.2 Å². The lowest BCUT2D eigenvalue weighted by Crippen LogP contribution is -2.37. The number of nitrogens with zero attached hydrogens (tertiary/aromatic N) is 1. The third-order valence-electron chi connectivity index (χ3n) is 3.20. The van der Waals surface area contributed by atoms with E-state index in [-0.39, 0.29) is 5.75 Å². The van der Waals surface area contributed by atoms with E-state index in [1.165, 1.54) is 6.07 Å². The summed E-state index contributed by atoms with van der Waals surface area (Å²) in [5.74, 6) is 0.827. The molecule has 0 aromatic heterocycles. The first kappa shape index (κ1) is 21.1. The maximum atomic E-state index is 12.2. The zero-order valence-electron chi connectivity index (χ0n) is 14.7. The topological polar surface area (TPSA) is 54.9 Å². The number of nitrogens with one attached hydrogen (secondary N) is 2. The van der Waals surface area contributed by atoms with Gasteiger partial charge < -0.3 is 20.1 Å². The van der Waals surface area contributed by atoms with Crippen molar-refractivity contribution < 1.29 is 22.6 Å². The summed E-state index contributed by atoms with van der Waals surface area (Å²) >= 11 is 0. The maximum absolute atomic E-state index is 12.2. The molecule has 0 aliphatic heterocycles. The molecule has 0 saturated heterocycles. The Morgan fingerprint density at radius 3 is 2.68 bits per heavy atom. The highest BCUT2D eigenvalue weighted by Gasteiger charge is 2.28. The van der Waals surface area contributed by atoms with Gasteiger partial charge in [-0.25, -0.2) is 0 Å². The van der Waals surface area contributed by atoms with E-state index < -0.39 is 12.8 Å². The average molecular weight is 361 g/mol. The van der Waals surface area contributed by atoms with Crippen molar-refractivity contribution in [1.29, 1.82) is 0 Å². The molecule has 2 N–H and O–H groups in total. The number of aliphatic imine (C=N–C) groups is 1. The Hall–Kier alpha value is -1.96. The van der Waals surface area contributed by atoms with Gasteiger partial charge in [-0.3, -0.25) is 4.99 Å². The minimum Gasteiger partial charge on any atom is -0.484 e. The van der Waals surface area contributed by atoms with Gasteiger partial charge in [0.2, 0.25) is 0 Å². The summed E-state index contributed by atoms with van der Waals surface area (Å²) in [5, 5.41) is 6.30. The van der Waals surface area contributed by atoms with E-state index in [4.69, 9.17) is 9.47 Å². The van der Waals surface area contributed by atoms with Crippen LogP contribution in [-0.4, -0.2) is 45.5 Å². The van der Waals surface area contributed by atoms with Gasteiger partial charge in [-0.15, -0.1) is 0 Å². The fraction of sp³-hybridized carbons (Fsp3) is 0.588. The molecule has 25 heavy (non-hydrogen) atoms. The minimum atomic E-state index is -4.34. The van der Waals surface area contributed by atoms with Crippen LogP contribution in [0, 0.1) is 0 Å². The van der Waals surface area contributed by atoms with Crippen LogP contribution in [0.5, 0.6) is 5.75 Å². The molecule has 0 fully saturated rings. The lowest BCUT2D eigenvalue weighted by atomic mass is 10.2. The second-order valence-electron chi connectivity index (χ2n) is 5.31. The number of ether oxygens (including phenoxy) is 2. The molecule has 0 radical (unpaired) electrons. The van der Waals surface area contributed by atoms with Crippen LogP contribution < -0.4 is 15.4 Å². The van der Waals surface area contributed by atoms with Crippen molar-refractivity contribution in [3.63, 3.8) is 0 Å². The Morgan fingerprint density at radius 1 is 1.20 bits per heavy atom. The molecule has 5 nitrogen and oxygen atoms in total. The van der Waals surface area contributed by atoms with E-state index in [0.717, 1.165) is 38.2 Å². The monoisotopic (exact) mass is 361 g/mol. The molecule has 0 heterocycles. The van der Waals surface area contributed by atoms with Gasteiger partial charge in [-0.05, 0) is 37.5 Å². The molecule has 0 atom stereocenters. The van der Waals surface area contributed by atoms with Crippen molar-refractivity contribution in [2.75, 3.05) is 33.4 Å². The molecule has 1 aromatic carbocycles. The predicted molar refractivity (Wildman–Crippen MR) is 91.9 cm³/mol. The summed E-state index contributed by atoms with van der Waals surface area (Å²) in [4.78, 5) is 4.11. The first-order valence-electron chi connectivity index (χ1n) is 8.25. The van der Waals surface area contributed by atoms with Gasteiger partial charge in [0.05, 0.1) is 0 Å². The number of rotatable bonds is 10. The highest BCUT2D eigenvalue weighted by Crippen LogP contribution is 2.19. The molecule has 1 aromatic rings. The largest absolute Gasteiger partial charge is 0.484 e. The summed E-state index contributed by atoms with van der Waals surface area (Å²) in [5.41, 5.74) is 0.805. The lowest BCUT2D eigenvalue weighted by Gasteiger charge is -2.13. The second-order valence-corrected chi connectivity index (χ2v) is 5.31. The molecule has 0 spiro atoms. The van der Waals surface area contributed by atoms with E-state index in [1.807, 2.05) is 13.0 Å². The number of benzene rings is 1. The molecule has 0 unspecified atom stereocenters. The van der Waals surface area contributed by atoms with Crippen molar-refractivity contribution in [2.24, 2.45) is 4.99 Å². The number of alkyl halides is 3. The molecular formula is C17H26F3N3O2. The standard InChI is InChI=1S/C17H26F3N3O2/c1-3-24-10-5-4-9-22-16(21-2)23-12-14-7-6-8-15(11-14)25-13-17(18,19)20/h6-8,11H,3-5,9-10,12-13H2,1-2H3,(H2,21,22,23). The normalized spacial score (nSPS) is 12.1. The van der Waals surface area contributed by atoms with Crippen LogP contribution in [0.15, 0.2) is 29.3 Å². The van der Waals surface area contributed by atoms with Gasteiger partial charge >= 0.3 is 6.18 Å². The van der Waals surface area contributed by atoms with Crippen molar-refractivity contribution >= 4 is 5.96 Å². The average Bonchev–Trinajstić information content (AvgIpc) is 2.58. The van der Waals surface area contributed by atoms with Crippen LogP contribution in [0.4, 0.5) is 13.2 Å². The van der Waals surface area contributed by atoms with Crippen molar-refractivity contribution in [1.82, 2.24) is 10.6 Å². The smallest absolute Gasteiger partial charge is 0.422 e. The van der Waals surface area contributed by atoms with Crippen LogP contribution in [0.2, 0.25) is 0 Å². The van der Waals surface area contributed by atoms with Crippen molar-refractivity contribution in [3.8, 4) is 5.75 Å². The van der Waals surface area contributed by atoms with E-state index in [9.17, 15) is 13.2 Å². The van der Waals surface area contributed by atoms with Crippen LogP contribution in [0.3, 0.4) is 0 Å². The predicted octanol–water partition coefficient (Wildman–Crippen LogP) is 3.11. The molecule has 142 valence electrons. The molecule has 0 bridgehead atoms. The number of halogens is 3. The van der Waals surface area contributed by atoms with Crippen LogP contribution in [-0.2, 0) is 11.3 Å². The van der Waals surface area contributed by atoms with Crippen LogP contribution in [0.25, 0.3) is 0 Å². The van der Waals surface area contributed by atoms with Crippen LogP contribution >= 0.6 is 0 Å². The third-order valence-corrected chi connectivity index (χ3v) is 3.20. The van der Waals surface area contributed by atoms with Gasteiger partial charge in [0.15, 0.2) is 12.6 Å². The Morgan fingerprint density at radius 2 is 2.00 bits per heavy atom. The van der Waals surface area contributed by atoms with Crippen molar-refractivity contribution in [2.45, 2.75) is 32.5 Å². The Kier molecular flexibility index (Phi) is 9.76. The highest BCUT2D eigenvalue weighted by atomic mass is 19.4. The van der Waals surface area contributed by atoms with Gasteiger partial charge in [0, 0.05) is 33.4 Å². The summed E-state index contributed by atoms with van der Waals surface area (Å²) in [6, 6.07) is 6.55. The minimum absolute atomic E-state index is 0.190. The van der Waals surface area contributed by atoms with Gasteiger partial charge in [0.25, 0.3) is 0 Å². The first-order valence-corrected chi connectivity index (χ1v) is 8.25. The van der Waals surface area contributed by atoms with E-state index >= 15 is 0 Å². The molecule has 0 aliphatic carbocycles. The Labute approximate surface area is 146 Å². The first-order chi connectivity index (χ1) is 11.9. The van der Waals surface area contributed by atoms with E-state index in [2.05, 4.69) is 15.6 Å². The quantitative estimate of drug-likeness (QED) is 0.382. The molecule has 8 heteroatoms. The SMILES string of the molecule is CCOCCCCNC(=NC)NCc1cccc(OCC(F)(F)F)c1. The summed E-state index contributed by atoms with van der Waals surface area (Å²) in [6.07, 6.45) is -2.42. The lowest BCUT2D eigenvalue weighted by molar-refractivity contribution is -0.153. The third kappa shape index (κ3) is 10.5. The zero-order chi connectivity index (χ0) is 18.5. The van der Waals surface area contributed by atoms with E-state index in [0.29, 0.717) is 12.5 Å². The summed E-state index contributed by atoms with van der Waals surface area (Å²) < 4.78 is 46.6. The van der Waals surface area contributed by atoms with Crippen LogP contribution in [0.1, 0.15) is 25.3 Å². The fourth-order valence-electron chi connectivity index (χ4n) is 2.00. The maximum Gasteiger partial charge on any atom is 0.422 e. The molecule has 0 aliphatic rings. The molecule has 0 amide bonds. The van der Waals surface area contributed by atoms with Gasteiger partial charge in [0.1, 0.15) is 5.75 Å². The zero-order valence-corrected chi connectivity index (χ0v) is 14.7. The summed E-state index contributed by atoms with van der Waals surface area (Å²) in [7, 11) is 1.67. The Bertz CT molecular complexity index is 522. The molecule has 0 saturated carbocycles. The fourth-order valence-corrected chi connectivity index (χ4v) is 2.00. The molecule has 1 rings (SSSR count). The number of guanidine groups is 1. The number of hydrogen-bond acceptors (Lipinski definition) is 3. The number of hydrogen-bond donors (Lipinski definition) is 2. The highest BCUT2D eigenvalue weighted by molar-refractivity contribution is 5.79.